The van der Waals surface area contributed by atoms with Crippen LogP contribution in [0.1, 0.15) is 23.2 Å². The van der Waals surface area contributed by atoms with Crippen LogP contribution in [0.15, 0.2) is 53.3 Å². The Morgan fingerprint density at radius 1 is 1.32 bits per heavy atom. The van der Waals surface area contributed by atoms with E-state index in [0.29, 0.717) is 36.3 Å². The summed E-state index contributed by atoms with van der Waals surface area (Å²) in [6.45, 7) is 0.534. The fourth-order valence-corrected chi connectivity index (χ4v) is 3.25. The Kier molecular flexibility index (Phi) is 4.65. The first-order valence-electron chi connectivity index (χ1n) is 7.91. The average molecular weight is 339 g/mol. The number of nitrogens with zero attached hydrogens (tertiary/aromatic N) is 1. The van der Waals surface area contributed by atoms with Gasteiger partial charge in [-0.3, -0.25) is 4.79 Å². The number of fused-ring (bicyclic) bond motifs is 1. The second-order valence-corrected chi connectivity index (χ2v) is 5.81. The predicted molar refractivity (Wildman–Crippen MR) is 91.2 cm³/mol. The second kappa shape index (κ2) is 6.89. The molecule has 3 rings (SSSR count). The summed E-state index contributed by atoms with van der Waals surface area (Å²) in [7, 11) is 1.35. The van der Waals surface area contributed by atoms with Crippen molar-refractivity contribution in [2.24, 2.45) is 0 Å². The minimum Gasteiger partial charge on any atom is -0.478 e. The molecule has 1 N–H and O–H groups in total. The molecule has 6 nitrogen and oxygen atoms in total. The molecule has 1 aromatic carbocycles. The van der Waals surface area contributed by atoms with Crippen molar-refractivity contribution >= 4 is 23.4 Å². The van der Waals surface area contributed by atoms with E-state index in [1.165, 1.54) is 13.2 Å². The number of carbonyl (C=O) groups is 2. The summed E-state index contributed by atoms with van der Waals surface area (Å²) in [5.41, 5.74) is 1.89. The van der Waals surface area contributed by atoms with Crippen LogP contribution in [0.5, 0.6) is 0 Å². The minimum absolute atomic E-state index is 0.0243. The van der Waals surface area contributed by atoms with Crippen LogP contribution >= 0.6 is 0 Å². The Hall–Kier alpha value is -2.95. The fourth-order valence-electron chi connectivity index (χ4n) is 3.25. The van der Waals surface area contributed by atoms with Crippen LogP contribution in [-0.4, -0.2) is 42.6 Å². The standard InChI is InChI=1S/C19H17NO5/c1-25-18-13(19(23)24)8-9-16(14(18)11-21)20-10-4-7-17(22)12-5-2-3-6-15(12)20/h2-3,5-6,8-9,18H,4,7,10H2,1H3,(H,23,24). The van der Waals surface area contributed by atoms with E-state index in [4.69, 9.17) is 4.74 Å². The van der Waals surface area contributed by atoms with Gasteiger partial charge in [0, 0.05) is 25.6 Å². The van der Waals surface area contributed by atoms with Crippen LogP contribution in [0.4, 0.5) is 5.69 Å². The highest BCUT2D eigenvalue weighted by Crippen LogP contribution is 2.35. The lowest BCUT2D eigenvalue weighted by molar-refractivity contribution is -0.133. The van der Waals surface area contributed by atoms with Gasteiger partial charge >= 0.3 is 5.97 Å². The van der Waals surface area contributed by atoms with Crippen molar-refractivity contribution in [2.45, 2.75) is 18.9 Å². The average Bonchev–Trinajstić information content (AvgIpc) is 2.79. The predicted octanol–water partition coefficient (Wildman–Crippen LogP) is 2.15. The minimum atomic E-state index is -1.15. The number of benzene rings is 1. The highest BCUT2D eigenvalue weighted by Gasteiger charge is 2.34. The lowest BCUT2D eigenvalue weighted by Gasteiger charge is -2.32. The molecular weight excluding hydrogens is 322 g/mol. The van der Waals surface area contributed by atoms with Gasteiger partial charge in [0.25, 0.3) is 0 Å². The summed E-state index contributed by atoms with van der Waals surface area (Å²) < 4.78 is 5.25. The van der Waals surface area contributed by atoms with E-state index >= 15 is 0 Å². The lowest BCUT2D eigenvalue weighted by Crippen LogP contribution is -2.33. The number of aliphatic carboxylic acids is 1. The van der Waals surface area contributed by atoms with Gasteiger partial charge < -0.3 is 14.7 Å². The van der Waals surface area contributed by atoms with Crippen LogP contribution in [0, 0.1) is 0 Å². The normalized spacial score (nSPS) is 20.2. The van der Waals surface area contributed by atoms with Gasteiger partial charge in [0.2, 0.25) is 0 Å². The molecule has 1 unspecified atom stereocenters. The molecule has 0 bridgehead atoms. The molecule has 0 saturated carbocycles. The van der Waals surface area contributed by atoms with Gasteiger partial charge in [0.1, 0.15) is 12.0 Å². The van der Waals surface area contributed by atoms with Crippen molar-refractivity contribution in [1.82, 2.24) is 0 Å². The number of rotatable bonds is 3. The number of Topliss-reactive ketones (excluding diaryl/α,β-unsaturated/α-hetero) is 1. The number of carbonyl (C=O) groups excluding carboxylic acids is 2. The summed E-state index contributed by atoms with van der Waals surface area (Å²) >= 11 is 0. The molecule has 25 heavy (non-hydrogen) atoms. The third kappa shape index (κ3) is 2.93. The van der Waals surface area contributed by atoms with E-state index in [1.807, 2.05) is 23.0 Å². The Labute approximate surface area is 144 Å². The van der Waals surface area contributed by atoms with Gasteiger partial charge in [0.15, 0.2) is 5.78 Å². The summed E-state index contributed by atoms with van der Waals surface area (Å²) in [6.07, 6.45) is 3.06. The molecule has 128 valence electrons. The van der Waals surface area contributed by atoms with Gasteiger partial charge in [-0.05, 0) is 30.7 Å². The number of hydrogen-bond donors (Lipinski definition) is 1. The van der Waals surface area contributed by atoms with Gasteiger partial charge in [0.05, 0.1) is 22.5 Å². The number of anilines is 1. The summed E-state index contributed by atoms with van der Waals surface area (Å²) in [5.74, 6) is 0.743. The Balaban J connectivity index is 2.14. The molecule has 6 heteroatoms. The number of methoxy groups -OCH3 is 1. The van der Waals surface area contributed by atoms with Crippen molar-refractivity contribution < 1.29 is 24.2 Å². The van der Waals surface area contributed by atoms with E-state index in [-0.39, 0.29) is 16.9 Å². The molecule has 0 saturated heterocycles. The zero-order valence-corrected chi connectivity index (χ0v) is 13.7. The smallest absolute Gasteiger partial charge is 0.334 e. The molecule has 1 atom stereocenters. The number of carboxylic acid groups (broad SMARTS) is 1. The summed E-state index contributed by atoms with van der Waals surface area (Å²) in [6, 6.07) is 7.20. The number of ketones is 1. The first-order valence-corrected chi connectivity index (χ1v) is 7.91. The topological polar surface area (TPSA) is 83.9 Å². The quantitative estimate of drug-likeness (QED) is 0.850. The zero-order chi connectivity index (χ0) is 18.0. The molecule has 0 fully saturated rings. The molecule has 1 aromatic rings. The third-order valence-electron chi connectivity index (χ3n) is 4.41. The van der Waals surface area contributed by atoms with Gasteiger partial charge in [-0.15, -0.1) is 0 Å². The third-order valence-corrected chi connectivity index (χ3v) is 4.41. The maximum Gasteiger partial charge on any atom is 0.334 e. The summed E-state index contributed by atoms with van der Waals surface area (Å²) in [4.78, 5) is 37.2. The maximum atomic E-state index is 12.3. The first kappa shape index (κ1) is 16.9. The molecule has 2 aliphatic rings. The van der Waals surface area contributed by atoms with E-state index in [2.05, 4.69) is 0 Å². The van der Waals surface area contributed by atoms with Crippen LogP contribution in [-0.2, 0) is 14.3 Å². The van der Waals surface area contributed by atoms with E-state index in [0.717, 1.165) is 0 Å². The van der Waals surface area contributed by atoms with Crippen molar-refractivity contribution in [2.75, 3.05) is 18.6 Å². The Bertz CT molecular complexity index is 845. The molecule has 0 spiro atoms. The van der Waals surface area contributed by atoms with Crippen LogP contribution < -0.4 is 4.90 Å². The molecule has 1 aliphatic carbocycles. The lowest BCUT2D eigenvalue weighted by atomic mass is 9.93. The zero-order valence-electron chi connectivity index (χ0n) is 13.7. The number of hydrogen-bond acceptors (Lipinski definition) is 5. The number of ether oxygens (including phenoxy) is 1. The number of para-hydroxylation sites is 1. The van der Waals surface area contributed by atoms with Gasteiger partial charge in [-0.2, -0.15) is 0 Å². The second-order valence-electron chi connectivity index (χ2n) is 5.81. The SMILES string of the molecule is COC1C(=C=O)C(N2CCCC(=O)c3ccccc32)=CC=C1C(=O)O. The Morgan fingerprint density at radius 2 is 2.08 bits per heavy atom. The van der Waals surface area contributed by atoms with Crippen molar-refractivity contribution in [3.8, 4) is 0 Å². The molecule has 1 aliphatic heterocycles. The summed E-state index contributed by atoms with van der Waals surface area (Å²) in [5, 5.41) is 9.31. The van der Waals surface area contributed by atoms with Crippen molar-refractivity contribution in [3.63, 3.8) is 0 Å². The van der Waals surface area contributed by atoms with Crippen molar-refractivity contribution in [1.29, 1.82) is 0 Å². The number of carboxylic acids is 1. The van der Waals surface area contributed by atoms with E-state index < -0.39 is 12.1 Å². The van der Waals surface area contributed by atoms with E-state index in [1.54, 1.807) is 18.2 Å². The molecular formula is C19H17NO5. The fraction of sp³-hybridized carbons (Fsp3) is 0.263. The Morgan fingerprint density at radius 3 is 2.76 bits per heavy atom. The molecule has 0 radical (unpaired) electrons. The first-order chi connectivity index (χ1) is 12.1. The van der Waals surface area contributed by atoms with E-state index in [9.17, 15) is 19.5 Å². The molecule has 0 aromatic heterocycles. The molecule has 0 amide bonds. The van der Waals surface area contributed by atoms with Crippen LogP contribution in [0.25, 0.3) is 0 Å². The number of allylic oxidation sites excluding steroid dienone is 2. The van der Waals surface area contributed by atoms with Crippen molar-refractivity contribution in [3.05, 3.63) is 58.8 Å². The van der Waals surface area contributed by atoms with Crippen LogP contribution in [0.3, 0.4) is 0 Å². The maximum absolute atomic E-state index is 12.3. The van der Waals surface area contributed by atoms with Crippen LogP contribution in [0.2, 0.25) is 0 Å². The monoisotopic (exact) mass is 339 g/mol. The van der Waals surface area contributed by atoms with Gasteiger partial charge in [-0.25, -0.2) is 9.59 Å². The highest BCUT2D eigenvalue weighted by atomic mass is 16.5. The largest absolute Gasteiger partial charge is 0.478 e. The molecule has 1 heterocycles. The highest BCUT2D eigenvalue weighted by molar-refractivity contribution is 6.02. The van der Waals surface area contributed by atoms with Gasteiger partial charge in [-0.1, -0.05) is 12.1 Å².